The number of carbonyl (C=O) groups excluding carboxylic acids is 1. The van der Waals surface area contributed by atoms with Gasteiger partial charge in [0.1, 0.15) is 5.82 Å². The van der Waals surface area contributed by atoms with E-state index in [0.717, 1.165) is 5.56 Å². The molecule has 0 aliphatic carbocycles. The van der Waals surface area contributed by atoms with Gasteiger partial charge in [0.15, 0.2) is 5.82 Å². The summed E-state index contributed by atoms with van der Waals surface area (Å²) < 4.78 is 14.5. The molecule has 0 saturated carbocycles. The van der Waals surface area contributed by atoms with E-state index in [1.165, 1.54) is 12.1 Å². The summed E-state index contributed by atoms with van der Waals surface area (Å²) in [5.41, 5.74) is 0.232. The van der Waals surface area contributed by atoms with Gasteiger partial charge in [-0.2, -0.15) is 5.10 Å². The molecule has 1 atom stereocenters. The molecule has 7 heteroatoms. The van der Waals surface area contributed by atoms with Crippen LogP contribution in [0.2, 0.25) is 0 Å². The minimum Gasteiger partial charge on any atom is -0.379 e. The fourth-order valence-electron chi connectivity index (χ4n) is 2.19. The van der Waals surface area contributed by atoms with Gasteiger partial charge in [0.05, 0.1) is 5.71 Å². The van der Waals surface area contributed by atoms with E-state index in [1.807, 2.05) is 0 Å². The standard InChI is InChI=1S/C15H15FN4O2/c1-15(14(21)17-13-7-8-20(2)18-13)9-12(19-22-15)10-3-5-11(16)6-4-10/h3-8H,9H2,1-2H3,(H,17,18,21)/t15-/m0/s1. The molecule has 2 heterocycles. The smallest absolute Gasteiger partial charge is 0.272 e. The molecule has 1 amide bonds. The lowest BCUT2D eigenvalue weighted by molar-refractivity contribution is -0.135. The monoisotopic (exact) mass is 302 g/mol. The second kappa shape index (κ2) is 5.25. The first kappa shape index (κ1) is 14.2. The van der Waals surface area contributed by atoms with Crippen molar-refractivity contribution >= 4 is 17.4 Å². The number of hydrogen-bond acceptors (Lipinski definition) is 4. The number of aryl methyl sites for hydroxylation is 1. The summed E-state index contributed by atoms with van der Waals surface area (Å²) in [5, 5.41) is 10.8. The Morgan fingerprint density at radius 1 is 1.36 bits per heavy atom. The Morgan fingerprint density at radius 2 is 2.09 bits per heavy atom. The molecule has 1 aromatic carbocycles. The Kier molecular flexibility index (Phi) is 3.40. The fourth-order valence-corrected chi connectivity index (χ4v) is 2.19. The molecule has 1 aliphatic rings. The zero-order valence-corrected chi connectivity index (χ0v) is 12.2. The highest BCUT2D eigenvalue weighted by Crippen LogP contribution is 2.28. The molecule has 1 aromatic heterocycles. The number of amides is 1. The Balaban J connectivity index is 1.71. The van der Waals surface area contributed by atoms with Crippen LogP contribution >= 0.6 is 0 Å². The molecule has 0 radical (unpaired) electrons. The van der Waals surface area contributed by atoms with Gasteiger partial charge in [0, 0.05) is 25.7 Å². The maximum atomic E-state index is 13.0. The lowest BCUT2D eigenvalue weighted by atomic mass is 9.95. The van der Waals surface area contributed by atoms with Crippen molar-refractivity contribution in [3.05, 3.63) is 47.9 Å². The SMILES string of the molecule is Cn1ccc(NC(=O)[C@]2(C)CC(c3ccc(F)cc3)=NO2)n1. The van der Waals surface area contributed by atoms with Gasteiger partial charge in [-0.25, -0.2) is 4.39 Å². The summed E-state index contributed by atoms with van der Waals surface area (Å²) in [6.45, 7) is 1.66. The zero-order chi connectivity index (χ0) is 15.7. The van der Waals surface area contributed by atoms with Crippen LogP contribution in [0.3, 0.4) is 0 Å². The van der Waals surface area contributed by atoms with Crippen molar-refractivity contribution in [3.8, 4) is 0 Å². The van der Waals surface area contributed by atoms with Crippen molar-refractivity contribution in [2.24, 2.45) is 12.2 Å². The van der Waals surface area contributed by atoms with E-state index in [0.29, 0.717) is 18.0 Å². The molecule has 22 heavy (non-hydrogen) atoms. The quantitative estimate of drug-likeness (QED) is 0.944. The molecule has 114 valence electrons. The molecule has 0 unspecified atom stereocenters. The van der Waals surface area contributed by atoms with Crippen molar-refractivity contribution in [1.29, 1.82) is 0 Å². The third kappa shape index (κ3) is 2.69. The van der Waals surface area contributed by atoms with E-state index < -0.39 is 5.60 Å². The van der Waals surface area contributed by atoms with Gasteiger partial charge >= 0.3 is 0 Å². The highest BCUT2D eigenvalue weighted by atomic mass is 19.1. The third-order valence-corrected chi connectivity index (χ3v) is 3.48. The summed E-state index contributed by atoms with van der Waals surface area (Å²) in [6, 6.07) is 7.61. The largest absolute Gasteiger partial charge is 0.379 e. The first-order valence-electron chi connectivity index (χ1n) is 6.78. The van der Waals surface area contributed by atoms with E-state index in [1.54, 1.807) is 43.0 Å². The predicted molar refractivity (Wildman–Crippen MR) is 78.9 cm³/mol. The first-order chi connectivity index (χ1) is 10.5. The van der Waals surface area contributed by atoms with Crippen molar-refractivity contribution in [3.63, 3.8) is 0 Å². The van der Waals surface area contributed by atoms with E-state index in [-0.39, 0.29) is 11.7 Å². The Hall–Kier alpha value is -2.70. The van der Waals surface area contributed by atoms with Crippen molar-refractivity contribution in [2.75, 3.05) is 5.32 Å². The van der Waals surface area contributed by atoms with Gasteiger partial charge in [-0.1, -0.05) is 17.3 Å². The molecular weight excluding hydrogens is 287 g/mol. The Labute approximate surface area is 126 Å². The van der Waals surface area contributed by atoms with Gasteiger partial charge in [0.25, 0.3) is 5.91 Å². The van der Waals surface area contributed by atoms with Gasteiger partial charge < -0.3 is 10.2 Å². The van der Waals surface area contributed by atoms with Crippen LogP contribution in [0.1, 0.15) is 18.9 Å². The average molecular weight is 302 g/mol. The lowest BCUT2D eigenvalue weighted by Gasteiger charge is -2.19. The number of nitrogens with zero attached hydrogens (tertiary/aromatic N) is 3. The topological polar surface area (TPSA) is 68.5 Å². The molecule has 0 saturated heterocycles. The van der Waals surface area contributed by atoms with Gasteiger partial charge in [-0.3, -0.25) is 9.48 Å². The molecule has 0 fully saturated rings. The van der Waals surface area contributed by atoms with Crippen LogP contribution in [-0.4, -0.2) is 27.0 Å². The van der Waals surface area contributed by atoms with Crippen LogP contribution in [-0.2, 0) is 16.7 Å². The summed E-state index contributed by atoms with van der Waals surface area (Å²) in [5.74, 6) is -0.196. The number of halogens is 1. The van der Waals surface area contributed by atoms with Crippen LogP contribution < -0.4 is 5.32 Å². The number of carbonyl (C=O) groups is 1. The minimum atomic E-state index is -1.11. The van der Waals surface area contributed by atoms with Crippen LogP contribution in [0, 0.1) is 5.82 Å². The summed E-state index contributed by atoms with van der Waals surface area (Å²) in [7, 11) is 1.76. The molecule has 0 bridgehead atoms. The number of aromatic nitrogens is 2. The van der Waals surface area contributed by atoms with E-state index >= 15 is 0 Å². The molecule has 1 aliphatic heterocycles. The van der Waals surface area contributed by atoms with Crippen molar-refractivity contribution in [1.82, 2.24) is 9.78 Å². The third-order valence-electron chi connectivity index (χ3n) is 3.48. The molecule has 2 aromatic rings. The van der Waals surface area contributed by atoms with E-state index in [2.05, 4.69) is 15.6 Å². The highest BCUT2D eigenvalue weighted by molar-refractivity contribution is 6.07. The van der Waals surface area contributed by atoms with Crippen molar-refractivity contribution < 1.29 is 14.0 Å². The summed E-state index contributed by atoms with van der Waals surface area (Å²) in [4.78, 5) is 17.7. The maximum absolute atomic E-state index is 13.0. The fraction of sp³-hybridized carbons (Fsp3) is 0.267. The van der Waals surface area contributed by atoms with Crippen LogP contribution in [0.15, 0.2) is 41.7 Å². The summed E-state index contributed by atoms with van der Waals surface area (Å²) in [6.07, 6.45) is 2.03. The zero-order valence-electron chi connectivity index (χ0n) is 12.2. The average Bonchev–Trinajstić information content (AvgIpc) is 3.07. The normalized spacial score (nSPS) is 20.4. The Bertz CT molecular complexity index is 738. The second-order valence-corrected chi connectivity index (χ2v) is 5.37. The molecular formula is C15H15FN4O2. The summed E-state index contributed by atoms with van der Waals surface area (Å²) >= 11 is 0. The predicted octanol–water partition coefficient (Wildman–Crippen LogP) is 2.08. The molecule has 6 nitrogen and oxygen atoms in total. The molecule has 3 rings (SSSR count). The number of benzene rings is 1. The van der Waals surface area contributed by atoms with Crippen LogP contribution in [0.25, 0.3) is 0 Å². The second-order valence-electron chi connectivity index (χ2n) is 5.37. The molecule has 1 N–H and O–H groups in total. The number of anilines is 1. The first-order valence-corrected chi connectivity index (χ1v) is 6.78. The lowest BCUT2D eigenvalue weighted by Crippen LogP contribution is -2.40. The molecule has 0 spiro atoms. The number of hydrogen-bond donors (Lipinski definition) is 1. The van der Waals surface area contributed by atoms with E-state index in [4.69, 9.17) is 4.84 Å². The highest BCUT2D eigenvalue weighted by Gasteiger charge is 2.42. The minimum absolute atomic E-state index is 0.303. The van der Waals surface area contributed by atoms with Crippen molar-refractivity contribution in [2.45, 2.75) is 18.9 Å². The van der Waals surface area contributed by atoms with Gasteiger partial charge in [-0.05, 0) is 24.6 Å². The Morgan fingerprint density at radius 3 is 2.73 bits per heavy atom. The van der Waals surface area contributed by atoms with Gasteiger partial charge in [-0.15, -0.1) is 0 Å². The van der Waals surface area contributed by atoms with Gasteiger partial charge in [0.2, 0.25) is 5.60 Å². The number of nitrogens with one attached hydrogen (secondary N) is 1. The maximum Gasteiger partial charge on any atom is 0.272 e. The van der Waals surface area contributed by atoms with Crippen LogP contribution in [0.4, 0.5) is 10.2 Å². The van der Waals surface area contributed by atoms with Crippen LogP contribution in [0.5, 0.6) is 0 Å². The number of rotatable bonds is 3. The van der Waals surface area contributed by atoms with E-state index in [9.17, 15) is 9.18 Å². The number of oxime groups is 1.